The van der Waals surface area contributed by atoms with Crippen molar-refractivity contribution in [2.75, 3.05) is 18.5 Å². The van der Waals surface area contributed by atoms with E-state index < -0.39 is 12.1 Å². The maximum absolute atomic E-state index is 13.2. The highest BCUT2D eigenvalue weighted by Gasteiger charge is 2.34. The van der Waals surface area contributed by atoms with Gasteiger partial charge in [0.05, 0.1) is 24.3 Å². The Morgan fingerprint density at radius 2 is 1.79 bits per heavy atom. The zero-order valence-electron chi connectivity index (χ0n) is 18.1. The summed E-state index contributed by atoms with van der Waals surface area (Å²) in [5, 5.41) is 22.6. The first-order valence-corrected chi connectivity index (χ1v) is 10.7. The number of anilines is 1. The third kappa shape index (κ3) is 5.29. The summed E-state index contributed by atoms with van der Waals surface area (Å²) in [5.41, 5.74) is 2.72. The summed E-state index contributed by atoms with van der Waals surface area (Å²) in [4.78, 5) is 26.5. The van der Waals surface area contributed by atoms with Crippen molar-refractivity contribution >= 4 is 17.5 Å². The Hall–Kier alpha value is -4.06. The van der Waals surface area contributed by atoms with Gasteiger partial charge in [0, 0.05) is 17.8 Å². The number of carbonyl (C=O) groups is 2. The smallest absolute Gasteiger partial charge is 0.255 e. The first-order valence-electron chi connectivity index (χ1n) is 10.7. The van der Waals surface area contributed by atoms with E-state index >= 15 is 0 Å². The molecule has 1 aliphatic rings. The predicted octanol–water partition coefficient (Wildman–Crippen LogP) is 3.41. The van der Waals surface area contributed by atoms with Gasteiger partial charge in [-0.1, -0.05) is 24.3 Å². The first kappa shape index (κ1) is 23.1. The SMILES string of the molecule is N#Cc1ccc(C(=O)Nc2ccc(C(O)C3COCC(=O)N3Cc3ccc(F)cc3)cc2)cc1. The van der Waals surface area contributed by atoms with Crippen LogP contribution in [0.3, 0.4) is 0 Å². The fourth-order valence-corrected chi connectivity index (χ4v) is 3.76. The van der Waals surface area contributed by atoms with Crippen LogP contribution in [0, 0.1) is 17.1 Å². The molecule has 3 aromatic carbocycles. The molecule has 7 nitrogen and oxygen atoms in total. The summed E-state index contributed by atoms with van der Waals surface area (Å²) in [6.45, 7) is 0.305. The average Bonchev–Trinajstić information content (AvgIpc) is 2.86. The summed E-state index contributed by atoms with van der Waals surface area (Å²) in [5.74, 6) is -0.944. The van der Waals surface area contributed by atoms with Crippen LogP contribution in [-0.2, 0) is 16.1 Å². The number of hydrogen-bond acceptors (Lipinski definition) is 5. The van der Waals surface area contributed by atoms with Gasteiger partial charge in [0.2, 0.25) is 5.91 Å². The van der Waals surface area contributed by atoms with Gasteiger partial charge in [-0.15, -0.1) is 0 Å². The second-order valence-electron chi connectivity index (χ2n) is 7.94. The minimum Gasteiger partial charge on any atom is -0.386 e. The summed E-state index contributed by atoms with van der Waals surface area (Å²) in [6.07, 6.45) is -1.02. The van der Waals surface area contributed by atoms with Gasteiger partial charge < -0.3 is 20.1 Å². The van der Waals surface area contributed by atoms with E-state index in [1.54, 1.807) is 65.6 Å². The Balaban J connectivity index is 1.45. The lowest BCUT2D eigenvalue weighted by Crippen LogP contribution is -2.51. The van der Waals surface area contributed by atoms with Gasteiger partial charge in [0.25, 0.3) is 5.91 Å². The molecule has 0 aromatic heterocycles. The minimum absolute atomic E-state index is 0.0786. The molecule has 0 bridgehead atoms. The molecule has 0 spiro atoms. The van der Waals surface area contributed by atoms with E-state index in [4.69, 9.17) is 10.00 Å². The molecule has 0 saturated carbocycles. The number of hydrogen-bond donors (Lipinski definition) is 2. The highest BCUT2D eigenvalue weighted by molar-refractivity contribution is 6.04. The Morgan fingerprint density at radius 1 is 1.12 bits per heavy atom. The molecule has 34 heavy (non-hydrogen) atoms. The molecule has 2 amide bonds. The summed E-state index contributed by atoms with van der Waals surface area (Å²) in [7, 11) is 0. The van der Waals surface area contributed by atoms with Crippen LogP contribution in [-0.4, -0.2) is 41.1 Å². The molecule has 1 aliphatic heterocycles. The largest absolute Gasteiger partial charge is 0.386 e. The van der Waals surface area contributed by atoms with Gasteiger partial charge in [-0.05, 0) is 59.7 Å². The molecule has 2 N–H and O–H groups in total. The van der Waals surface area contributed by atoms with Gasteiger partial charge >= 0.3 is 0 Å². The third-order valence-corrected chi connectivity index (χ3v) is 5.65. The molecular formula is C26H22FN3O4. The van der Waals surface area contributed by atoms with Crippen molar-refractivity contribution in [1.82, 2.24) is 4.90 Å². The quantitative estimate of drug-likeness (QED) is 0.588. The van der Waals surface area contributed by atoms with Crippen LogP contribution in [0.4, 0.5) is 10.1 Å². The van der Waals surface area contributed by atoms with Gasteiger partial charge in [0.1, 0.15) is 18.5 Å². The van der Waals surface area contributed by atoms with E-state index in [1.807, 2.05) is 6.07 Å². The topological polar surface area (TPSA) is 103 Å². The number of halogens is 1. The van der Waals surface area contributed by atoms with Crippen LogP contribution in [0.2, 0.25) is 0 Å². The maximum atomic E-state index is 13.2. The molecule has 4 rings (SSSR count). The lowest BCUT2D eigenvalue weighted by atomic mass is 9.99. The molecule has 0 aliphatic carbocycles. The highest BCUT2D eigenvalue weighted by Crippen LogP contribution is 2.27. The number of morpholine rings is 1. The zero-order valence-corrected chi connectivity index (χ0v) is 18.1. The van der Waals surface area contributed by atoms with Crippen LogP contribution >= 0.6 is 0 Å². The molecule has 8 heteroatoms. The van der Waals surface area contributed by atoms with Gasteiger partial charge in [-0.2, -0.15) is 5.26 Å². The fraction of sp³-hybridized carbons (Fsp3) is 0.192. The Morgan fingerprint density at radius 3 is 2.44 bits per heavy atom. The van der Waals surface area contributed by atoms with E-state index in [2.05, 4.69) is 5.32 Å². The molecule has 3 aromatic rings. The number of benzene rings is 3. The number of amides is 2. The van der Waals surface area contributed by atoms with E-state index in [0.29, 0.717) is 22.4 Å². The number of carbonyl (C=O) groups excluding carboxylic acids is 2. The van der Waals surface area contributed by atoms with Crippen molar-refractivity contribution in [3.05, 3.63) is 101 Å². The highest BCUT2D eigenvalue weighted by atomic mass is 19.1. The van der Waals surface area contributed by atoms with Crippen LogP contribution in [0.5, 0.6) is 0 Å². The van der Waals surface area contributed by atoms with Gasteiger partial charge in [-0.25, -0.2) is 4.39 Å². The molecule has 172 valence electrons. The van der Waals surface area contributed by atoms with E-state index in [9.17, 15) is 19.1 Å². The molecule has 1 heterocycles. The number of aliphatic hydroxyl groups excluding tert-OH is 1. The van der Waals surface area contributed by atoms with Crippen LogP contribution in [0.25, 0.3) is 0 Å². The van der Waals surface area contributed by atoms with Crippen molar-refractivity contribution in [2.24, 2.45) is 0 Å². The molecule has 1 saturated heterocycles. The summed E-state index contributed by atoms with van der Waals surface area (Å²) >= 11 is 0. The molecular weight excluding hydrogens is 437 g/mol. The van der Waals surface area contributed by atoms with Crippen molar-refractivity contribution < 1.29 is 23.8 Å². The van der Waals surface area contributed by atoms with Crippen LogP contribution < -0.4 is 5.32 Å². The van der Waals surface area contributed by atoms with Crippen molar-refractivity contribution in [1.29, 1.82) is 5.26 Å². The monoisotopic (exact) mass is 459 g/mol. The lowest BCUT2D eigenvalue weighted by molar-refractivity contribution is -0.155. The second-order valence-corrected chi connectivity index (χ2v) is 7.94. The van der Waals surface area contributed by atoms with Gasteiger partial charge in [-0.3, -0.25) is 9.59 Å². The van der Waals surface area contributed by atoms with E-state index in [-0.39, 0.29) is 37.4 Å². The normalized spacial score (nSPS) is 16.6. The van der Waals surface area contributed by atoms with Gasteiger partial charge in [0.15, 0.2) is 0 Å². The van der Waals surface area contributed by atoms with E-state index in [1.165, 1.54) is 12.1 Å². The van der Waals surface area contributed by atoms with Crippen LogP contribution in [0.15, 0.2) is 72.8 Å². The standard InChI is InChI=1S/C26H22FN3O4/c27-21-9-3-18(4-10-21)14-30-23(15-34-16-24(30)31)25(32)19-7-11-22(12-8-19)29-26(33)20-5-1-17(13-28)2-6-20/h1-12,23,25,32H,14-16H2,(H,29,33). The third-order valence-electron chi connectivity index (χ3n) is 5.65. The van der Waals surface area contributed by atoms with Crippen LogP contribution in [0.1, 0.15) is 33.2 Å². The predicted molar refractivity (Wildman–Crippen MR) is 122 cm³/mol. The molecule has 2 unspecified atom stereocenters. The van der Waals surface area contributed by atoms with Crippen molar-refractivity contribution in [3.63, 3.8) is 0 Å². The Bertz CT molecular complexity index is 1200. The molecule has 1 fully saturated rings. The maximum Gasteiger partial charge on any atom is 0.255 e. The zero-order chi connectivity index (χ0) is 24.1. The van der Waals surface area contributed by atoms with Crippen molar-refractivity contribution in [3.8, 4) is 6.07 Å². The average molecular weight is 459 g/mol. The minimum atomic E-state index is -1.02. The number of nitriles is 1. The number of rotatable bonds is 6. The first-order chi connectivity index (χ1) is 16.4. The number of nitrogens with zero attached hydrogens (tertiary/aromatic N) is 2. The summed E-state index contributed by atoms with van der Waals surface area (Å²) in [6, 6.07) is 20.2. The Kier molecular flexibility index (Phi) is 6.97. The second kappa shape index (κ2) is 10.3. The number of aliphatic hydroxyl groups is 1. The number of nitrogens with one attached hydrogen (secondary N) is 1. The lowest BCUT2D eigenvalue weighted by Gasteiger charge is -2.38. The fourth-order valence-electron chi connectivity index (χ4n) is 3.76. The van der Waals surface area contributed by atoms with Crippen molar-refractivity contribution in [2.45, 2.75) is 18.7 Å². The van der Waals surface area contributed by atoms with E-state index in [0.717, 1.165) is 5.56 Å². The summed E-state index contributed by atoms with van der Waals surface area (Å²) < 4.78 is 18.6. The molecule has 0 radical (unpaired) electrons. The molecule has 2 atom stereocenters. The Labute approximate surface area is 196 Å². The number of ether oxygens (including phenoxy) is 1.